The van der Waals surface area contributed by atoms with E-state index >= 15 is 0 Å². The number of pyridine rings is 1. The summed E-state index contributed by atoms with van der Waals surface area (Å²) in [5.41, 5.74) is 1.88. The molecule has 7 nitrogen and oxygen atoms in total. The number of rotatable bonds is 3. The Morgan fingerprint density at radius 3 is 3.12 bits per heavy atom. The van der Waals surface area contributed by atoms with Crippen molar-refractivity contribution in [2.24, 2.45) is 5.92 Å². The van der Waals surface area contributed by atoms with Crippen LogP contribution in [0.5, 0.6) is 0 Å². The summed E-state index contributed by atoms with van der Waals surface area (Å²) < 4.78 is 5.63. The number of H-pyrrole nitrogens is 1. The third-order valence-electron chi connectivity index (χ3n) is 4.09. The summed E-state index contributed by atoms with van der Waals surface area (Å²) in [4.78, 5) is 36.9. The van der Waals surface area contributed by atoms with Gasteiger partial charge in [0.25, 0.3) is 11.5 Å². The monoisotopic (exact) mass is 328 g/mol. The number of amides is 1. The highest BCUT2D eigenvalue weighted by molar-refractivity contribution is 5.95. The zero-order valence-electron chi connectivity index (χ0n) is 13.6. The molecule has 1 aliphatic rings. The maximum absolute atomic E-state index is 12.8. The Bertz CT molecular complexity index is 774. The highest BCUT2D eigenvalue weighted by Gasteiger charge is 2.25. The predicted molar refractivity (Wildman–Crippen MR) is 87.7 cm³/mol. The van der Waals surface area contributed by atoms with Gasteiger partial charge >= 0.3 is 0 Å². The molecule has 0 aromatic carbocycles. The molecule has 2 aromatic rings. The molecule has 1 saturated heterocycles. The minimum absolute atomic E-state index is 0.0324. The molecule has 2 aromatic heterocycles. The van der Waals surface area contributed by atoms with E-state index < -0.39 is 0 Å². The molecule has 1 aliphatic heterocycles. The molecular weight excluding hydrogens is 308 g/mol. The van der Waals surface area contributed by atoms with Crippen molar-refractivity contribution >= 4 is 5.91 Å². The normalized spacial score (nSPS) is 18.2. The van der Waals surface area contributed by atoms with E-state index in [0.717, 1.165) is 5.69 Å². The molecule has 0 aliphatic carbocycles. The first-order valence-corrected chi connectivity index (χ1v) is 7.95. The van der Waals surface area contributed by atoms with E-state index in [4.69, 9.17) is 4.74 Å². The molecule has 0 unspecified atom stereocenters. The number of nitrogens with zero attached hydrogens (tertiary/aromatic N) is 3. The minimum atomic E-state index is -0.173. The third kappa shape index (κ3) is 3.86. The van der Waals surface area contributed by atoms with E-state index in [2.05, 4.69) is 15.0 Å². The van der Waals surface area contributed by atoms with Crippen molar-refractivity contribution in [2.45, 2.75) is 13.3 Å². The molecule has 1 amide bonds. The smallest absolute Gasteiger partial charge is 0.255 e. The molecule has 1 atom stereocenters. The first-order valence-electron chi connectivity index (χ1n) is 7.95. The molecule has 0 bridgehead atoms. The largest absolute Gasteiger partial charge is 0.379 e. The van der Waals surface area contributed by atoms with Crippen molar-refractivity contribution in [1.29, 1.82) is 0 Å². The van der Waals surface area contributed by atoms with E-state index in [0.29, 0.717) is 44.0 Å². The summed E-state index contributed by atoms with van der Waals surface area (Å²) in [5.74, 6) is 0.0673. The molecule has 24 heavy (non-hydrogen) atoms. The fourth-order valence-electron chi connectivity index (χ4n) is 2.89. The first kappa shape index (κ1) is 16.3. The van der Waals surface area contributed by atoms with Gasteiger partial charge in [-0.3, -0.25) is 14.6 Å². The summed E-state index contributed by atoms with van der Waals surface area (Å²) in [6, 6.07) is 5.05. The van der Waals surface area contributed by atoms with Crippen LogP contribution in [-0.4, -0.2) is 52.1 Å². The first-order chi connectivity index (χ1) is 11.6. The van der Waals surface area contributed by atoms with Crippen LogP contribution < -0.4 is 5.56 Å². The van der Waals surface area contributed by atoms with Crippen molar-refractivity contribution in [3.63, 3.8) is 0 Å². The second-order valence-electron chi connectivity index (χ2n) is 5.94. The molecule has 3 rings (SSSR count). The lowest BCUT2D eigenvalue weighted by molar-refractivity contribution is 0.0736. The summed E-state index contributed by atoms with van der Waals surface area (Å²) >= 11 is 0. The summed E-state index contributed by atoms with van der Waals surface area (Å²) in [6.07, 6.45) is 3.68. The van der Waals surface area contributed by atoms with Gasteiger partial charge in [0.2, 0.25) is 0 Å². The number of nitrogens with one attached hydrogen (secondary N) is 1. The standard InChI is InChI=1S/C17H20N4O3/c1-12-15(3-2-4-18-12)17(23)21-5-6-24-10-13(9-21)7-14-8-16(22)20-11-19-14/h2-4,8,11,13H,5-7,9-10H2,1H3,(H,19,20,22)/t13-/m1/s1. The fraction of sp³-hybridized carbons (Fsp3) is 0.412. The minimum Gasteiger partial charge on any atom is -0.379 e. The number of aromatic amines is 1. The summed E-state index contributed by atoms with van der Waals surface area (Å²) in [5, 5.41) is 0. The lowest BCUT2D eigenvalue weighted by atomic mass is 10.0. The Morgan fingerprint density at radius 2 is 2.33 bits per heavy atom. The molecule has 3 heterocycles. The van der Waals surface area contributed by atoms with Crippen molar-refractivity contribution < 1.29 is 9.53 Å². The molecule has 1 fully saturated rings. The van der Waals surface area contributed by atoms with E-state index in [9.17, 15) is 9.59 Å². The van der Waals surface area contributed by atoms with Gasteiger partial charge < -0.3 is 14.6 Å². The van der Waals surface area contributed by atoms with Gasteiger partial charge in [0.05, 0.1) is 25.1 Å². The van der Waals surface area contributed by atoms with Crippen molar-refractivity contribution in [3.05, 3.63) is 58.0 Å². The van der Waals surface area contributed by atoms with Crippen LogP contribution in [0.1, 0.15) is 21.7 Å². The van der Waals surface area contributed by atoms with Gasteiger partial charge in [-0.05, 0) is 25.5 Å². The zero-order valence-corrected chi connectivity index (χ0v) is 13.6. The van der Waals surface area contributed by atoms with E-state index in [1.54, 1.807) is 23.2 Å². The lowest BCUT2D eigenvalue weighted by Crippen LogP contribution is -2.37. The quantitative estimate of drug-likeness (QED) is 0.900. The van der Waals surface area contributed by atoms with E-state index in [1.807, 2.05) is 6.92 Å². The van der Waals surface area contributed by atoms with Gasteiger partial charge in [-0.15, -0.1) is 0 Å². The van der Waals surface area contributed by atoms with Crippen molar-refractivity contribution in [3.8, 4) is 0 Å². The van der Waals surface area contributed by atoms with Gasteiger partial charge in [0, 0.05) is 42.7 Å². The maximum atomic E-state index is 12.8. The van der Waals surface area contributed by atoms with Crippen LogP contribution in [-0.2, 0) is 11.2 Å². The topological polar surface area (TPSA) is 88.2 Å². The van der Waals surface area contributed by atoms with E-state index in [1.165, 1.54) is 12.4 Å². The Kier molecular flexibility index (Phi) is 5.00. The number of hydrogen-bond acceptors (Lipinski definition) is 5. The van der Waals surface area contributed by atoms with Gasteiger partial charge in [-0.1, -0.05) is 0 Å². The molecule has 7 heteroatoms. The molecular formula is C17H20N4O3. The summed E-state index contributed by atoms with van der Waals surface area (Å²) in [6.45, 7) is 4.00. The van der Waals surface area contributed by atoms with Crippen molar-refractivity contribution in [2.75, 3.05) is 26.3 Å². The van der Waals surface area contributed by atoms with Gasteiger partial charge in [0.15, 0.2) is 0 Å². The van der Waals surface area contributed by atoms with Gasteiger partial charge in [-0.25, -0.2) is 4.98 Å². The number of carbonyl (C=O) groups is 1. The van der Waals surface area contributed by atoms with Crippen LogP contribution in [0.4, 0.5) is 0 Å². The van der Waals surface area contributed by atoms with Crippen LogP contribution in [0.25, 0.3) is 0 Å². The predicted octanol–water partition coefficient (Wildman–Crippen LogP) is 0.805. The maximum Gasteiger partial charge on any atom is 0.255 e. The number of aromatic nitrogens is 3. The molecule has 126 valence electrons. The average molecular weight is 328 g/mol. The van der Waals surface area contributed by atoms with Crippen molar-refractivity contribution in [1.82, 2.24) is 19.9 Å². The van der Waals surface area contributed by atoms with Gasteiger partial charge in [0.1, 0.15) is 0 Å². The van der Waals surface area contributed by atoms with Crippen LogP contribution in [0.2, 0.25) is 0 Å². The molecule has 0 spiro atoms. The average Bonchev–Trinajstić information content (AvgIpc) is 2.80. The number of aryl methyl sites for hydroxylation is 1. The van der Waals surface area contributed by atoms with E-state index in [-0.39, 0.29) is 17.4 Å². The van der Waals surface area contributed by atoms with Crippen LogP contribution in [0.3, 0.4) is 0 Å². The zero-order chi connectivity index (χ0) is 16.9. The highest BCUT2D eigenvalue weighted by Crippen LogP contribution is 2.15. The Labute approximate surface area is 139 Å². The molecule has 0 radical (unpaired) electrons. The third-order valence-corrected chi connectivity index (χ3v) is 4.09. The highest BCUT2D eigenvalue weighted by atomic mass is 16.5. The molecule has 0 saturated carbocycles. The lowest BCUT2D eigenvalue weighted by Gasteiger charge is -2.24. The summed E-state index contributed by atoms with van der Waals surface area (Å²) in [7, 11) is 0. The second-order valence-corrected chi connectivity index (χ2v) is 5.94. The SMILES string of the molecule is Cc1ncccc1C(=O)N1CCOC[C@H](Cc2cc(=O)[nH]cn2)C1. The van der Waals surface area contributed by atoms with Crippen LogP contribution in [0.15, 0.2) is 35.5 Å². The fourth-order valence-corrected chi connectivity index (χ4v) is 2.89. The number of carbonyl (C=O) groups excluding carboxylic acids is 1. The number of hydrogen-bond donors (Lipinski definition) is 1. The van der Waals surface area contributed by atoms with Gasteiger partial charge in [-0.2, -0.15) is 0 Å². The molecule has 1 N–H and O–H groups in total. The number of ether oxygens (including phenoxy) is 1. The Hall–Kier alpha value is -2.54. The Balaban J connectivity index is 1.74. The Morgan fingerprint density at radius 1 is 1.46 bits per heavy atom. The van der Waals surface area contributed by atoms with Crippen LogP contribution in [0, 0.1) is 12.8 Å². The second kappa shape index (κ2) is 7.35. The van der Waals surface area contributed by atoms with Crippen LogP contribution >= 0.6 is 0 Å².